The standard InChI is InChI=1S/C21H34O2Si2/c1-21(2)15-17(13-14-22)19(20(21)23-24(3,4)5)16-25(6,7)18-11-9-8-10-12-18/h8-12,14,16-17,20H,13,15H2,1-7H3/b19-16+. The third-order valence-electron chi connectivity index (χ3n) is 5.15. The molecule has 2 unspecified atom stereocenters. The highest BCUT2D eigenvalue weighted by atomic mass is 28.4. The Bertz CT molecular complexity index is 627. The Labute approximate surface area is 155 Å². The SMILES string of the molecule is CC1(C)CC(CC=O)/C(=C\[Si](C)(C)c2ccccc2)C1O[Si](C)(C)C. The van der Waals surface area contributed by atoms with E-state index < -0.39 is 16.4 Å². The third-order valence-corrected chi connectivity index (χ3v) is 8.97. The van der Waals surface area contributed by atoms with Crippen LogP contribution in [0.1, 0.15) is 26.7 Å². The largest absolute Gasteiger partial charge is 0.411 e. The van der Waals surface area contributed by atoms with Crippen LogP contribution in [-0.2, 0) is 9.22 Å². The van der Waals surface area contributed by atoms with E-state index in [4.69, 9.17) is 4.43 Å². The predicted molar refractivity (Wildman–Crippen MR) is 112 cm³/mol. The Morgan fingerprint density at radius 2 is 1.72 bits per heavy atom. The smallest absolute Gasteiger partial charge is 0.184 e. The predicted octanol–water partition coefficient (Wildman–Crippen LogP) is 4.92. The first-order valence-electron chi connectivity index (χ1n) is 9.36. The lowest BCUT2D eigenvalue weighted by molar-refractivity contribution is -0.108. The molecule has 4 heteroatoms. The number of hydrogen-bond acceptors (Lipinski definition) is 2. The van der Waals surface area contributed by atoms with Crippen molar-refractivity contribution in [3.63, 3.8) is 0 Å². The molecular weight excluding hydrogens is 340 g/mol. The molecule has 138 valence electrons. The Morgan fingerprint density at radius 3 is 2.24 bits per heavy atom. The maximum Gasteiger partial charge on any atom is 0.184 e. The van der Waals surface area contributed by atoms with Gasteiger partial charge in [-0.1, -0.05) is 68.2 Å². The molecule has 1 fully saturated rings. The van der Waals surface area contributed by atoms with E-state index in [0.717, 1.165) is 12.7 Å². The summed E-state index contributed by atoms with van der Waals surface area (Å²) in [6, 6.07) is 10.8. The van der Waals surface area contributed by atoms with Crippen molar-refractivity contribution < 1.29 is 9.22 Å². The molecule has 1 aromatic rings. The zero-order valence-electron chi connectivity index (χ0n) is 16.9. The van der Waals surface area contributed by atoms with Gasteiger partial charge in [-0.3, -0.25) is 0 Å². The van der Waals surface area contributed by atoms with Crippen LogP contribution in [0.25, 0.3) is 0 Å². The highest BCUT2D eigenvalue weighted by Crippen LogP contribution is 2.49. The van der Waals surface area contributed by atoms with E-state index in [1.165, 1.54) is 10.8 Å². The first-order chi connectivity index (χ1) is 11.5. The molecule has 1 saturated carbocycles. The highest BCUT2D eigenvalue weighted by Gasteiger charge is 2.47. The molecule has 2 atom stereocenters. The van der Waals surface area contributed by atoms with Crippen LogP contribution in [0.5, 0.6) is 0 Å². The highest BCUT2D eigenvalue weighted by molar-refractivity contribution is 6.94. The number of aldehydes is 1. The Kier molecular flexibility index (Phi) is 5.97. The van der Waals surface area contributed by atoms with Gasteiger partial charge < -0.3 is 9.22 Å². The van der Waals surface area contributed by atoms with Gasteiger partial charge in [0.2, 0.25) is 0 Å². The summed E-state index contributed by atoms with van der Waals surface area (Å²) in [7, 11) is -3.41. The van der Waals surface area contributed by atoms with Crippen LogP contribution in [0.3, 0.4) is 0 Å². The van der Waals surface area contributed by atoms with Crippen LogP contribution in [-0.4, -0.2) is 28.8 Å². The molecule has 2 rings (SSSR count). The van der Waals surface area contributed by atoms with Crippen LogP contribution in [0.4, 0.5) is 0 Å². The van der Waals surface area contributed by atoms with E-state index in [0.29, 0.717) is 12.3 Å². The number of carbonyl (C=O) groups excluding carboxylic acids is 1. The lowest BCUT2D eigenvalue weighted by atomic mass is 9.88. The van der Waals surface area contributed by atoms with Crippen LogP contribution < -0.4 is 5.19 Å². The fraction of sp³-hybridized carbons (Fsp3) is 0.571. The zero-order valence-corrected chi connectivity index (χ0v) is 18.9. The Morgan fingerprint density at radius 1 is 1.12 bits per heavy atom. The topological polar surface area (TPSA) is 26.3 Å². The van der Waals surface area contributed by atoms with E-state index >= 15 is 0 Å². The molecule has 0 saturated heterocycles. The van der Waals surface area contributed by atoms with Crippen LogP contribution in [0, 0.1) is 11.3 Å². The van der Waals surface area contributed by atoms with Crippen molar-refractivity contribution in [3.05, 3.63) is 41.6 Å². The molecule has 0 aromatic heterocycles. The van der Waals surface area contributed by atoms with Gasteiger partial charge in [0, 0.05) is 6.42 Å². The van der Waals surface area contributed by atoms with Gasteiger partial charge in [-0.15, -0.1) is 0 Å². The maximum atomic E-state index is 11.3. The summed E-state index contributed by atoms with van der Waals surface area (Å²) in [5, 5.41) is 1.43. The second-order valence-electron chi connectivity index (χ2n) is 9.63. The maximum absolute atomic E-state index is 11.3. The van der Waals surface area contributed by atoms with Gasteiger partial charge in [-0.05, 0) is 43.0 Å². The molecule has 1 aromatic carbocycles. The first-order valence-corrected chi connectivity index (χ1v) is 15.8. The average Bonchev–Trinajstić information content (AvgIpc) is 2.70. The zero-order chi connectivity index (χ0) is 18.9. The Balaban J connectivity index is 2.48. The molecule has 0 radical (unpaired) electrons. The third kappa shape index (κ3) is 5.02. The van der Waals surface area contributed by atoms with Crippen molar-refractivity contribution in [1.82, 2.24) is 0 Å². The van der Waals surface area contributed by atoms with E-state index in [-0.39, 0.29) is 11.5 Å². The summed E-state index contributed by atoms with van der Waals surface area (Å²) in [6.45, 7) is 16.2. The van der Waals surface area contributed by atoms with Gasteiger partial charge in [0.05, 0.1) is 6.10 Å². The molecule has 1 aliphatic rings. The lowest BCUT2D eigenvalue weighted by Gasteiger charge is -2.34. The second kappa shape index (κ2) is 7.33. The summed E-state index contributed by atoms with van der Waals surface area (Å²) in [4.78, 5) is 11.3. The summed E-state index contributed by atoms with van der Waals surface area (Å²) >= 11 is 0. The van der Waals surface area contributed by atoms with Crippen molar-refractivity contribution in [1.29, 1.82) is 0 Å². The molecular formula is C21H34O2Si2. The molecule has 0 heterocycles. The summed E-state index contributed by atoms with van der Waals surface area (Å²) in [5.41, 5.74) is 4.00. The van der Waals surface area contributed by atoms with Crippen LogP contribution in [0.2, 0.25) is 32.7 Å². The van der Waals surface area contributed by atoms with Gasteiger partial charge in [0.15, 0.2) is 8.32 Å². The number of benzene rings is 1. The van der Waals surface area contributed by atoms with E-state index in [2.05, 4.69) is 82.6 Å². The van der Waals surface area contributed by atoms with Crippen LogP contribution in [0.15, 0.2) is 41.6 Å². The Hall–Kier alpha value is -0.976. The molecule has 1 aliphatic carbocycles. The van der Waals surface area contributed by atoms with Crippen molar-refractivity contribution in [2.75, 3.05) is 0 Å². The molecule has 2 nitrogen and oxygen atoms in total. The van der Waals surface area contributed by atoms with Crippen molar-refractivity contribution in [2.24, 2.45) is 11.3 Å². The monoisotopic (exact) mass is 374 g/mol. The minimum Gasteiger partial charge on any atom is -0.411 e. The van der Waals surface area contributed by atoms with E-state index in [1.54, 1.807) is 0 Å². The fourth-order valence-corrected chi connectivity index (χ4v) is 7.60. The molecule has 0 N–H and O–H groups in total. The molecule has 25 heavy (non-hydrogen) atoms. The van der Waals surface area contributed by atoms with E-state index in [1.807, 2.05) is 0 Å². The molecule has 0 bridgehead atoms. The van der Waals surface area contributed by atoms with Crippen molar-refractivity contribution in [3.8, 4) is 0 Å². The normalized spacial score (nSPS) is 25.3. The van der Waals surface area contributed by atoms with Gasteiger partial charge in [-0.25, -0.2) is 0 Å². The number of hydrogen-bond donors (Lipinski definition) is 0. The van der Waals surface area contributed by atoms with Gasteiger partial charge >= 0.3 is 0 Å². The molecule has 0 aliphatic heterocycles. The van der Waals surface area contributed by atoms with Gasteiger partial charge in [0.25, 0.3) is 0 Å². The quantitative estimate of drug-likeness (QED) is 0.522. The fourth-order valence-electron chi connectivity index (χ4n) is 4.00. The summed E-state index contributed by atoms with van der Waals surface area (Å²) in [6.07, 6.45) is 2.87. The van der Waals surface area contributed by atoms with Crippen molar-refractivity contribution >= 4 is 27.9 Å². The summed E-state index contributed by atoms with van der Waals surface area (Å²) in [5.74, 6) is 0.323. The summed E-state index contributed by atoms with van der Waals surface area (Å²) < 4.78 is 6.66. The molecule has 0 spiro atoms. The first kappa shape index (κ1) is 20.3. The minimum atomic E-state index is -1.74. The minimum absolute atomic E-state index is 0.0843. The molecule has 0 amide bonds. The van der Waals surface area contributed by atoms with Gasteiger partial charge in [0.1, 0.15) is 14.4 Å². The van der Waals surface area contributed by atoms with Crippen molar-refractivity contribution in [2.45, 2.75) is 65.5 Å². The number of carbonyl (C=O) groups is 1. The average molecular weight is 375 g/mol. The lowest BCUT2D eigenvalue weighted by Crippen LogP contribution is -2.42. The van der Waals surface area contributed by atoms with Gasteiger partial charge in [-0.2, -0.15) is 0 Å². The van der Waals surface area contributed by atoms with E-state index in [9.17, 15) is 4.79 Å². The van der Waals surface area contributed by atoms with Crippen LogP contribution >= 0.6 is 0 Å². The number of rotatable bonds is 6. The second-order valence-corrected chi connectivity index (χ2v) is 18.4.